The molecule has 0 aliphatic rings. The summed E-state index contributed by atoms with van der Waals surface area (Å²) >= 11 is 0. The number of aliphatic imine (C=N–C) groups is 1. The SMILES string of the molecule is O=CC=Nc1ccc(C(=O)O)cc1. The summed E-state index contributed by atoms with van der Waals surface area (Å²) in [5.74, 6) is -0.981. The van der Waals surface area contributed by atoms with Crippen molar-refractivity contribution in [1.82, 2.24) is 0 Å². The number of carbonyl (C=O) groups is 2. The van der Waals surface area contributed by atoms with Crippen molar-refractivity contribution in [3.05, 3.63) is 29.8 Å². The van der Waals surface area contributed by atoms with Crippen LogP contribution in [0.4, 0.5) is 5.69 Å². The zero-order chi connectivity index (χ0) is 9.68. The molecular weight excluding hydrogens is 170 g/mol. The highest BCUT2D eigenvalue weighted by molar-refractivity contribution is 6.13. The van der Waals surface area contributed by atoms with Crippen molar-refractivity contribution in [3.63, 3.8) is 0 Å². The Bertz CT molecular complexity index is 340. The van der Waals surface area contributed by atoms with Gasteiger partial charge in [-0.15, -0.1) is 0 Å². The summed E-state index contributed by atoms with van der Waals surface area (Å²) in [6, 6.07) is 5.92. The van der Waals surface area contributed by atoms with Gasteiger partial charge in [-0.1, -0.05) is 0 Å². The molecule has 0 aliphatic carbocycles. The first-order valence-electron chi connectivity index (χ1n) is 3.55. The highest BCUT2D eigenvalue weighted by atomic mass is 16.4. The summed E-state index contributed by atoms with van der Waals surface area (Å²) in [5, 5.41) is 8.56. The highest BCUT2D eigenvalue weighted by Crippen LogP contribution is 2.11. The topological polar surface area (TPSA) is 66.7 Å². The molecule has 0 spiro atoms. The van der Waals surface area contributed by atoms with Crippen LogP contribution in [-0.4, -0.2) is 23.6 Å². The van der Waals surface area contributed by atoms with Crippen LogP contribution in [0.2, 0.25) is 0 Å². The van der Waals surface area contributed by atoms with Gasteiger partial charge in [0.15, 0.2) is 6.29 Å². The second kappa shape index (κ2) is 4.15. The third kappa shape index (κ3) is 2.52. The summed E-state index contributed by atoms with van der Waals surface area (Å²) in [4.78, 5) is 24.1. The molecule has 0 heterocycles. The molecule has 1 aromatic carbocycles. The number of carboxylic acid groups (broad SMARTS) is 1. The molecule has 0 aromatic heterocycles. The fourth-order valence-electron chi connectivity index (χ4n) is 0.807. The number of carbonyl (C=O) groups excluding carboxylic acids is 1. The minimum Gasteiger partial charge on any atom is -0.478 e. The molecule has 0 aliphatic heterocycles. The number of aldehydes is 1. The van der Waals surface area contributed by atoms with Crippen LogP contribution in [0.5, 0.6) is 0 Å². The fourth-order valence-corrected chi connectivity index (χ4v) is 0.807. The van der Waals surface area contributed by atoms with Crippen LogP contribution in [0.15, 0.2) is 29.3 Å². The number of benzene rings is 1. The van der Waals surface area contributed by atoms with Crippen LogP contribution in [-0.2, 0) is 4.79 Å². The predicted molar refractivity (Wildman–Crippen MR) is 47.6 cm³/mol. The first-order valence-corrected chi connectivity index (χ1v) is 3.55. The summed E-state index contributed by atoms with van der Waals surface area (Å²) in [7, 11) is 0. The van der Waals surface area contributed by atoms with Gasteiger partial charge in [-0.25, -0.2) is 4.79 Å². The molecule has 4 heteroatoms. The van der Waals surface area contributed by atoms with E-state index < -0.39 is 5.97 Å². The molecule has 0 atom stereocenters. The molecule has 1 rings (SSSR count). The molecule has 0 unspecified atom stereocenters. The largest absolute Gasteiger partial charge is 0.478 e. The van der Waals surface area contributed by atoms with Crippen molar-refractivity contribution in [2.24, 2.45) is 4.99 Å². The Morgan fingerprint density at radius 2 is 1.92 bits per heavy atom. The van der Waals surface area contributed by atoms with Crippen molar-refractivity contribution in [3.8, 4) is 0 Å². The maximum Gasteiger partial charge on any atom is 0.335 e. The van der Waals surface area contributed by atoms with Gasteiger partial charge >= 0.3 is 5.97 Å². The van der Waals surface area contributed by atoms with E-state index in [1.807, 2.05) is 0 Å². The smallest absolute Gasteiger partial charge is 0.335 e. The van der Waals surface area contributed by atoms with Crippen LogP contribution in [0.1, 0.15) is 10.4 Å². The van der Waals surface area contributed by atoms with Crippen molar-refractivity contribution in [1.29, 1.82) is 0 Å². The van der Waals surface area contributed by atoms with Crippen molar-refractivity contribution in [2.75, 3.05) is 0 Å². The van der Waals surface area contributed by atoms with Gasteiger partial charge in [-0.3, -0.25) is 9.79 Å². The summed E-state index contributed by atoms with van der Waals surface area (Å²) in [6.45, 7) is 0. The van der Waals surface area contributed by atoms with Gasteiger partial charge in [0.1, 0.15) is 0 Å². The van der Waals surface area contributed by atoms with Crippen LogP contribution in [0.25, 0.3) is 0 Å². The first-order chi connectivity index (χ1) is 6.24. The quantitative estimate of drug-likeness (QED) is 0.558. The molecule has 0 fully saturated rings. The molecule has 0 amide bonds. The van der Waals surface area contributed by atoms with E-state index in [2.05, 4.69) is 4.99 Å². The second-order valence-electron chi connectivity index (χ2n) is 2.27. The third-order valence-electron chi connectivity index (χ3n) is 1.40. The van der Waals surface area contributed by atoms with E-state index in [-0.39, 0.29) is 5.56 Å². The summed E-state index contributed by atoms with van der Waals surface area (Å²) in [5.41, 5.74) is 0.752. The van der Waals surface area contributed by atoms with Gasteiger partial charge in [0.05, 0.1) is 17.5 Å². The molecule has 0 saturated heterocycles. The Morgan fingerprint density at radius 3 is 2.38 bits per heavy atom. The van der Waals surface area contributed by atoms with Gasteiger partial charge in [-0.2, -0.15) is 0 Å². The zero-order valence-electron chi connectivity index (χ0n) is 6.68. The molecule has 66 valence electrons. The Kier molecular flexibility index (Phi) is 2.92. The maximum absolute atomic E-state index is 10.4. The lowest BCUT2D eigenvalue weighted by Crippen LogP contribution is -1.94. The predicted octanol–water partition coefficient (Wildman–Crippen LogP) is 1.29. The lowest BCUT2D eigenvalue weighted by molar-refractivity contribution is -0.102. The minimum atomic E-state index is -0.981. The van der Waals surface area contributed by atoms with Gasteiger partial charge < -0.3 is 5.11 Å². The average molecular weight is 177 g/mol. The van der Waals surface area contributed by atoms with Gasteiger partial charge in [-0.05, 0) is 24.3 Å². The maximum atomic E-state index is 10.4. The number of hydrogen-bond donors (Lipinski definition) is 1. The van der Waals surface area contributed by atoms with Crippen LogP contribution < -0.4 is 0 Å². The van der Waals surface area contributed by atoms with Gasteiger partial charge in [0.25, 0.3) is 0 Å². The number of aromatic carboxylic acids is 1. The first kappa shape index (κ1) is 9.12. The molecule has 4 nitrogen and oxygen atoms in total. The van der Waals surface area contributed by atoms with Crippen molar-refractivity contribution >= 4 is 24.2 Å². The van der Waals surface area contributed by atoms with Crippen molar-refractivity contribution < 1.29 is 14.7 Å². The molecule has 0 saturated carbocycles. The van der Waals surface area contributed by atoms with E-state index in [9.17, 15) is 9.59 Å². The van der Waals surface area contributed by atoms with Crippen molar-refractivity contribution in [2.45, 2.75) is 0 Å². The molecular formula is C9H7NO3. The fraction of sp³-hybridized carbons (Fsp3) is 0. The molecule has 1 N–H and O–H groups in total. The number of carboxylic acids is 1. The zero-order valence-corrected chi connectivity index (χ0v) is 6.68. The average Bonchev–Trinajstić information content (AvgIpc) is 2.15. The minimum absolute atomic E-state index is 0.199. The standard InChI is InChI=1S/C9H7NO3/c11-6-5-10-8-3-1-7(2-4-8)9(12)13/h1-6H,(H,12,13). The van der Waals surface area contributed by atoms with E-state index in [0.717, 1.165) is 6.21 Å². The number of rotatable bonds is 3. The Morgan fingerprint density at radius 1 is 1.31 bits per heavy atom. The highest BCUT2D eigenvalue weighted by Gasteiger charge is 1.99. The second-order valence-corrected chi connectivity index (χ2v) is 2.27. The lowest BCUT2D eigenvalue weighted by atomic mass is 10.2. The van der Waals surface area contributed by atoms with E-state index >= 15 is 0 Å². The molecule has 0 bridgehead atoms. The van der Waals surface area contributed by atoms with Crippen LogP contribution in [0, 0.1) is 0 Å². The summed E-state index contributed by atoms with van der Waals surface area (Å²) < 4.78 is 0. The molecule has 0 radical (unpaired) electrons. The summed E-state index contributed by atoms with van der Waals surface area (Å²) in [6.07, 6.45) is 1.67. The lowest BCUT2D eigenvalue weighted by Gasteiger charge is -1.93. The Hall–Kier alpha value is -1.97. The third-order valence-corrected chi connectivity index (χ3v) is 1.40. The van der Waals surface area contributed by atoms with Crippen LogP contribution >= 0.6 is 0 Å². The normalized spacial score (nSPS) is 10.2. The monoisotopic (exact) mass is 177 g/mol. The van der Waals surface area contributed by atoms with E-state index in [4.69, 9.17) is 5.11 Å². The molecule has 1 aromatic rings. The van der Waals surface area contributed by atoms with Crippen LogP contribution in [0.3, 0.4) is 0 Å². The van der Waals surface area contributed by atoms with Gasteiger partial charge in [0, 0.05) is 0 Å². The Labute approximate surface area is 74.5 Å². The Balaban J connectivity index is 2.87. The van der Waals surface area contributed by atoms with Gasteiger partial charge in [0.2, 0.25) is 0 Å². The van der Waals surface area contributed by atoms with E-state index in [0.29, 0.717) is 12.0 Å². The van der Waals surface area contributed by atoms with E-state index in [1.54, 1.807) is 0 Å². The number of hydrogen-bond acceptors (Lipinski definition) is 3. The number of nitrogens with zero attached hydrogens (tertiary/aromatic N) is 1. The van der Waals surface area contributed by atoms with E-state index in [1.165, 1.54) is 24.3 Å². The molecule has 13 heavy (non-hydrogen) atoms.